The average molecular weight is 268 g/mol. The highest BCUT2D eigenvalue weighted by atomic mass is 16.5. The Hall–Kier alpha value is -2.26. The van der Waals surface area contributed by atoms with E-state index in [0.29, 0.717) is 0 Å². The van der Waals surface area contributed by atoms with Gasteiger partial charge in [-0.2, -0.15) is 0 Å². The van der Waals surface area contributed by atoms with Gasteiger partial charge < -0.3 is 14.3 Å². The van der Waals surface area contributed by atoms with Crippen LogP contribution in [-0.2, 0) is 0 Å². The van der Waals surface area contributed by atoms with Gasteiger partial charge in [-0.25, -0.2) is 0 Å². The summed E-state index contributed by atoms with van der Waals surface area (Å²) in [5.74, 6) is 1.48. The summed E-state index contributed by atoms with van der Waals surface area (Å²) in [5, 5.41) is 11.5. The van der Waals surface area contributed by atoms with Gasteiger partial charge in [0.2, 0.25) is 0 Å². The van der Waals surface area contributed by atoms with Crippen molar-refractivity contribution in [2.45, 2.75) is 13.0 Å². The van der Waals surface area contributed by atoms with Crippen LogP contribution in [0.3, 0.4) is 0 Å². The van der Waals surface area contributed by atoms with Crippen LogP contribution in [0.4, 0.5) is 0 Å². The molecule has 0 saturated carbocycles. The molecule has 0 radical (unpaired) electrons. The van der Waals surface area contributed by atoms with Crippen LogP contribution in [0.5, 0.6) is 5.75 Å². The molecule has 0 aliphatic heterocycles. The van der Waals surface area contributed by atoms with Gasteiger partial charge in [-0.05, 0) is 30.7 Å². The summed E-state index contributed by atoms with van der Waals surface area (Å²) >= 11 is 0. The zero-order valence-electron chi connectivity index (χ0n) is 11.5. The Morgan fingerprint density at radius 1 is 1.10 bits per heavy atom. The Morgan fingerprint density at radius 2 is 1.85 bits per heavy atom. The molecule has 1 N–H and O–H groups in total. The van der Waals surface area contributed by atoms with Crippen LogP contribution in [0.25, 0.3) is 11.0 Å². The number of hydrogen-bond acceptors (Lipinski definition) is 3. The molecule has 3 heteroatoms. The predicted octanol–water partition coefficient (Wildman–Crippen LogP) is 3.83. The van der Waals surface area contributed by atoms with Crippen molar-refractivity contribution in [2.75, 3.05) is 7.11 Å². The number of aryl methyl sites for hydroxylation is 1. The molecule has 1 heterocycles. The number of methoxy groups -OCH3 is 1. The molecule has 1 aromatic heterocycles. The lowest BCUT2D eigenvalue weighted by Gasteiger charge is -2.11. The van der Waals surface area contributed by atoms with Crippen LogP contribution in [0.15, 0.2) is 52.9 Å². The van der Waals surface area contributed by atoms with Gasteiger partial charge in [0.1, 0.15) is 23.2 Å². The third-order valence-electron chi connectivity index (χ3n) is 3.51. The minimum Gasteiger partial charge on any atom is -0.497 e. The molecule has 0 fully saturated rings. The number of furan rings is 1. The summed E-state index contributed by atoms with van der Waals surface area (Å²) in [4.78, 5) is 0. The fourth-order valence-corrected chi connectivity index (χ4v) is 2.49. The number of hydrogen-bond donors (Lipinski definition) is 1. The maximum atomic E-state index is 10.6. The van der Waals surface area contributed by atoms with E-state index in [2.05, 4.69) is 0 Å². The molecule has 3 rings (SSSR count). The van der Waals surface area contributed by atoms with Gasteiger partial charge in [-0.1, -0.05) is 30.3 Å². The summed E-state index contributed by atoms with van der Waals surface area (Å²) in [7, 11) is 1.63. The number of rotatable bonds is 3. The van der Waals surface area contributed by atoms with Gasteiger partial charge in [0, 0.05) is 10.9 Å². The van der Waals surface area contributed by atoms with Gasteiger partial charge in [-0.15, -0.1) is 0 Å². The molecule has 0 amide bonds. The van der Waals surface area contributed by atoms with E-state index >= 15 is 0 Å². The van der Waals surface area contributed by atoms with Crippen molar-refractivity contribution in [3.8, 4) is 5.75 Å². The molecule has 0 saturated heterocycles. The number of ether oxygens (including phenoxy) is 1. The second-order valence-corrected chi connectivity index (χ2v) is 4.75. The largest absolute Gasteiger partial charge is 0.497 e. The Kier molecular flexibility index (Phi) is 3.20. The maximum absolute atomic E-state index is 10.6. The second-order valence-electron chi connectivity index (χ2n) is 4.75. The molecule has 1 atom stereocenters. The van der Waals surface area contributed by atoms with Crippen LogP contribution < -0.4 is 4.74 Å². The highest BCUT2D eigenvalue weighted by molar-refractivity contribution is 5.84. The van der Waals surface area contributed by atoms with Crippen LogP contribution in [0, 0.1) is 6.92 Å². The molecular weight excluding hydrogens is 252 g/mol. The first-order valence-electron chi connectivity index (χ1n) is 6.50. The van der Waals surface area contributed by atoms with Gasteiger partial charge in [-0.3, -0.25) is 0 Å². The van der Waals surface area contributed by atoms with Crippen molar-refractivity contribution in [3.63, 3.8) is 0 Å². The molecule has 0 bridgehead atoms. The van der Waals surface area contributed by atoms with Crippen LogP contribution in [0.1, 0.15) is 23.0 Å². The fraction of sp³-hybridized carbons (Fsp3) is 0.176. The van der Waals surface area contributed by atoms with E-state index < -0.39 is 6.10 Å². The SMILES string of the molecule is COc1ccc2oc(C)c([C@H](O)c3ccccc3)c2c1. The third-order valence-corrected chi connectivity index (χ3v) is 3.51. The second kappa shape index (κ2) is 5.02. The summed E-state index contributed by atoms with van der Waals surface area (Å²) < 4.78 is 11.0. The number of aliphatic hydroxyl groups is 1. The van der Waals surface area contributed by atoms with Crippen molar-refractivity contribution in [2.24, 2.45) is 0 Å². The van der Waals surface area contributed by atoms with Gasteiger partial charge in [0.25, 0.3) is 0 Å². The van der Waals surface area contributed by atoms with E-state index in [0.717, 1.165) is 33.6 Å². The third kappa shape index (κ3) is 2.06. The highest BCUT2D eigenvalue weighted by Crippen LogP contribution is 2.35. The van der Waals surface area contributed by atoms with Crippen LogP contribution >= 0.6 is 0 Å². The fourth-order valence-electron chi connectivity index (χ4n) is 2.49. The first-order valence-corrected chi connectivity index (χ1v) is 6.50. The van der Waals surface area contributed by atoms with Crippen molar-refractivity contribution in [3.05, 3.63) is 65.4 Å². The van der Waals surface area contributed by atoms with E-state index in [9.17, 15) is 5.11 Å². The first kappa shape index (κ1) is 12.8. The molecule has 2 aromatic carbocycles. The smallest absolute Gasteiger partial charge is 0.134 e. The topological polar surface area (TPSA) is 42.6 Å². The number of benzene rings is 2. The van der Waals surface area contributed by atoms with Crippen molar-refractivity contribution in [1.29, 1.82) is 0 Å². The van der Waals surface area contributed by atoms with Gasteiger partial charge in [0.15, 0.2) is 0 Å². The van der Waals surface area contributed by atoms with Crippen molar-refractivity contribution in [1.82, 2.24) is 0 Å². The lowest BCUT2D eigenvalue weighted by Crippen LogP contribution is -2.00. The minimum atomic E-state index is -0.704. The summed E-state index contributed by atoms with van der Waals surface area (Å²) in [6, 6.07) is 15.2. The van der Waals surface area contributed by atoms with Crippen molar-refractivity contribution >= 4 is 11.0 Å². The Labute approximate surface area is 117 Å². The highest BCUT2D eigenvalue weighted by Gasteiger charge is 2.20. The standard InChI is InChI=1S/C17H16O3/c1-11-16(17(18)12-6-4-3-5-7-12)14-10-13(19-2)8-9-15(14)20-11/h3-10,17-18H,1-2H3/t17-/m1/s1. The molecular formula is C17H16O3. The molecule has 3 aromatic rings. The average Bonchev–Trinajstić information content (AvgIpc) is 2.82. The monoisotopic (exact) mass is 268 g/mol. The molecule has 20 heavy (non-hydrogen) atoms. The molecule has 3 nitrogen and oxygen atoms in total. The zero-order chi connectivity index (χ0) is 14.1. The lowest BCUT2D eigenvalue weighted by molar-refractivity contribution is 0.219. The van der Waals surface area contributed by atoms with Gasteiger partial charge >= 0.3 is 0 Å². The van der Waals surface area contributed by atoms with Crippen LogP contribution in [-0.4, -0.2) is 12.2 Å². The molecule has 0 spiro atoms. The van der Waals surface area contributed by atoms with E-state index in [4.69, 9.17) is 9.15 Å². The Bertz CT molecular complexity index is 729. The Balaban J connectivity index is 2.17. The van der Waals surface area contributed by atoms with E-state index in [1.165, 1.54) is 0 Å². The molecule has 0 aliphatic rings. The van der Waals surface area contributed by atoms with E-state index in [-0.39, 0.29) is 0 Å². The number of aliphatic hydroxyl groups excluding tert-OH is 1. The molecule has 102 valence electrons. The first-order chi connectivity index (χ1) is 9.70. The van der Waals surface area contributed by atoms with Gasteiger partial charge in [0.05, 0.1) is 7.11 Å². The van der Waals surface area contributed by atoms with E-state index in [1.807, 2.05) is 55.5 Å². The quantitative estimate of drug-likeness (QED) is 0.785. The van der Waals surface area contributed by atoms with E-state index in [1.54, 1.807) is 7.11 Å². The summed E-state index contributed by atoms with van der Waals surface area (Å²) in [5.41, 5.74) is 2.40. The minimum absolute atomic E-state index is 0.704. The summed E-state index contributed by atoms with van der Waals surface area (Å²) in [6.07, 6.45) is -0.704. The molecule has 0 aliphatic carbocycles. The lowest BCUT2D eigenvalue weighted by atomic mass is 9.99. The zero-order valence-corrected chi connectivity index (χ0v) is 11.5. The Morgan fingerprint density at radius 3 is 2.55 bits per heavy atom. The van der Waals surface area contributed by atoms with Crippen molar-refractivity contribution < 1.29 is 14.3 Å². The number of fused-ring (bicyclic) bond motifs is 1. The van der Waals surface area contributed by atoms with Crippen LogP contribution in [0.2, 0.25) is 0 Å². The molecule has 0 unspecified atom stereocenters. The maximum Gasteiger partial charge on any atom is 0.134 e. The normalized spacial score (nSPS) is 12.6. The summed E-state index contributed by atoms with van der Waals surface area (Å²) in [6.45, 7) is 1.87. The predicted molar refractivity (Wildman–Crippen MR) is 78.0 cm³/mol.